The molecule has 1 saturated heterocycles. The Bertz CT molecular complexity index is 1030. The second-order valence-electron chi connectivity index (χ2n) is 6.92. The van der Waals surface area contributed by atoms with Gasteiger partial charge in [0.2, 0.25) is 11.8 Å². The van der Waals surface area contributed by atoms with Crippen molar-refractivity contribution in [2.45, 2.75) is 20.3 Å². The zero-order valence-electron chi connectivity index (χ0n) is 15.7. The van der Waals surface area contributed by atoms with Gasteiger partial charge < -0.3 is 14.7 Å². The van der Waals surface area contributed by atoms with Gasteiger partial charge in [-0.2, -0.15) is 4.98 Å². The number of hydrogen-bond donors (Lipinski definition) is 1. The number of rotatable bonds is 4. The maximum atomic E-state index is 12.8. The Kier molecular flexibility index (Phi) is 4.65. The summed E-state index contributed by atoms with van der Waals surface area (Å²) in [5, 5.41) is 6.72. The van der Waals surface area contributed by atoms with E-state index < -0.39 is 5.92 Å². The third-order valence-corrected chi connectivity index (χ3v) is 4.78. The smallest absolute Gasteiger partial charge is 0.260 e. The Hall–Kier alpha value is -3.48. The summed E-state index contributed by atoms with van der Waals surface area (Å²) in [6.45, 7) is 4.09. The lowest BCUT2D eigenvalue weighted by Crippen LogP contribution is -2.28. The van der Waals surface area contributed by atoms with E-state index in [1.165, 1.54) is 0 Å². The molecule has 1 aliphatic heterocycles. The van der Waals surface area contributed by atoms with E-state index in [2.05, 4.69) is 15.5 Å². The molecule has 7 nitrogen and oxygen atoms in total. The second kappa shape index (κ2) is 7.26. The lowest BCUT2D eigenvalue weighted by atomic mass is 10.1. The second-order valence-corrected chi connectivity index (χ2v) is 6.92. The Morgan fingerprint density at radius 1 is 1.14 bits per heavy atom. The number of nitrogens with zero attached hydrogens (tertiary/aromatic N) is 3. The van der Waals surface area contributed by atoms with E-state index in [4.69, 9.17) is 4.52 Å². The predicted molar refractivity (Wildman–Crippen MR) is 105 cm³/mol. The molecule has 1 fully saturated rings. The molecule has 0 saturated carbocycles. The average molecular weight is 376 g/mol. The van der Waals surface area contributed by atoms with Crippen LogP contribution < -0.4 is 10.2 Å². The highest BCUT2D eigenvalue weighted by atomic mass is 16.5. The van der Waals surface area contributed by atoms with Gasteiger partial charge in [0, 0.05) is 18.7 Å². The molecule has 2 heterocycles. The van der Waals surface area contributed by atoms with Crippen LogP contribution in [0.3, 0.4) is 0 Å². The highest BCUT2D eigenvalue weighted by Crippen LogP contribution is 2.29. The van der Waals surface area contributed by atoms with Gasteiger partial charge in [0.1, 0.15) is 0 Å². The van der Waals surface area contributed by atoms with Gasteiger partial charge in [-0.15, -0.1) is 0 Å². The molecule has 2 amide bonds. The minimum absolute atomic E-state index is 0.0511. The zero-order valence-corrected chi connectivity index (χ0v) is 15.7. The van der Waals surface area contributed by atoms with Crippen molar-refractivity contribution < 1.29 is 14.1 Å². The number of carbonyl (C=O) groups excluding carboxylic acids is 2. The van der Waals surface area contributed by atoms with Crippen LogP contribution in [-0.2, 0) is 9.59 Å². The average Bonchev–Trinajstić information content (AvgIpc) is 3.29. The molecule has 2 aromatic carbocycles. The van der Waals surface area contributed by atoms with Crippen LogP contribution >= 0.6 is 0 Å². The third-order valence-electron chi connectivity index (χ3n) is 4.78. The van der Waals surface area contributed by atoms with Gasteiger partial charge in [-0.3, -0.25) is 9.59 Å². The number of nitrogens with one attached hydrogen (secondary N) is 1. The maximum Gasteiger partial charge on any atom is 0.260 e. The molecular formula is C21H20N4O3. The standard InChI is InChI=1S/C21H20N4O3/c1-13-7-9-16(10-8-13)25-12-15(11-19(25)26)20(27)23-18-6-4-3-5-17(18)21-22-14(2)24-28-21/h3-10,15H,11-12H2,1-2H3,(H,23,27)/t15-/m1/s1. The van der Waals surface area contributed by atoms with E-state index in [0.717, 1.165) is 11.3 Å². The van der Waals surface area contributed by atoms with Crippen LogP contribution in [0.4, 0.5) is 11.4 Å². The topological polar surface area (TPSA) is 88.3 Å². The fraction of sp³-hybridized carbons (Fsp3) is 0.238. The Morgan fingerprint density at radius 3 is 2.61 bits per heavy atom. The van der Waals surface area contributed by atoms with Crippen molar-refractivity contribution in [3.05, 3.63) is 59.9 Å². The molecule has 0 bridgehead atoms. The first-order valence-electron chi connectivity index (χ1n) is 9.09. The highest BCUT2D eigenvalue weighted by molar-refractivity contribution is 6.04. The van der Waals surface area contributed by atoms with E-state index >= 15 is 0 Å². The van der Waals surface area contributed by atoms with Crippen molar-refractivity contribution in [3.63, 3.8) is 0 Å². The van der Waals surface area contributed by atoms with E-state index in [1.54, 1.807) is 24.0 Å². The first kappa shape index (κ1) is 17.9. The molecule has 1 N–H and O–H groups in total. The van der Waals surface area contributed by atoms with E-state index in [1.807, 2.05) is 43.3 Å². The van der Waals surface area contributed by atoms with Crippen LogP contribution in [0.5, 0.6) is 0 Å². The minimum atomic E-state index is -0.425. The normalized spacial score (nSPS) is 16.4. The number of aromatic nitrogens is 2. The van der Waals surface area contributed by atoms with Crippen molar-refractivity contribution in [2.75, 3.05) is 16.8 Å². The largest absolute Gasteiger partial charge is 0.334 e. The van der Waals surface area contributed by atoms with Crippen LogP contribution in [0.15, 0.2) is 53.1 Å². The fourth-order valence-corrected chi connectivity index (χ4v) is 3.28. The SMILES string of the molecule is Cc1ccc(N2C[C@H](C(=O)Nc3ccccc3-c3nc(C)no3)CC2=O)cc1. The molecule has 0 spiro atoms. The van der Waals surface area contributed by atoms with Crippen molar-refractivity contribution >= 4 is 23.2 Å². The molecule has 0 unspecified atom stereocenters. The van der Waals surface area contributed by atoms with Gasteiger partial charge in [-0.25, -0.2) is 0 Å². The molecule has 4 rings (SSSR count). The summed E-state index contributed by atoms with van der Waals surface area (Å²) >= 11 is 0. The molecule has 0 radical (unpaired) electrons. The van der Waals surface area contributed by atoms with E-state index in [0.29, 0.717) is 29.5 Å². The number of carbonyl (C=O) groups is 2. The number of aryl methyl sites for hydroxylation is 2. The molecule has 1 atom stereocenters. The van der Waals surface area contributed by atoms with Gasteiger partial charge in [0.05, 0.1) is 17.2 Å². The highest BCUT2D eigenvalue weighted by Gasteiger charge is 2.35. The Morgan fingerprint density at radius 2 is 1.89 bits per heavy atom. The van der Waals surface area contributed by atoms with Crippen LogP contribution in [0.25, 0.3) is 11.5 Å². The summed E-state index contributed by atoms with van der Waals surface area (Å²) in [5.74, 6) is 0.186. The van der Waals surface area contributed by atoms with Crippen molar-refractivity contribution in [2.24, 2.45) is 5.92 Å². The van der Waals surface area contributed by atoms with Crippen molar-refractivity contribution in [1.29, 1.82) is 0 Å². The summed E-state index contributed by atoms with van der Waals surface area (Å²) in [7, 11) is 0. The summed E-state index contributed by atoms with van der Waals surface area (Å²) in [6, 6.07) is 15.0. The molecule has 28 heavy (non-hydrogen) atoms. The molecule has 142 valence electrons. The molecule has 3 aromatic rings. The molecule has 1 aromatic heterocycles. The Balaban J connectivity index is 1.51. The first-order valence-corrected chi connectivity index (χ1v) is 9.09. The number of hydrogen-bond acceptors (Lipinski definition) is 5. The summed E-state index contributed by atoms with van der Waals surface area (Å²) < 4.78 is 5.22. The molecular weight excluding hydrogens is 356 g/mol. The molecule has 7 heteroatoms. The van der Waals surface area contributed by atoms with Gasteiger partial charge in [-0.05, 0) is 38.1 Å². The molecule has 0 aliphatic carbocycles. The van der Waals surface area contributed by atoms with Crippen LogP contribution in [0.1, 0.15) is 17.8 Å². The van der Waals surface area contributed by atoms with Gasteiger partial charge in [0.25, 0.3) is 5.89 Å². The number of benzene rings is 2. The lowest BCUT2D eigenvalue weighted by molar-refractivity contribution is -0.122. The van der Waals surface area contributed by atoms with Crippen LogP contribution in [-0.4, -0.2) is 28.5 Å². The quantitative estimate of drug-likeness (QED) is 0.754. The maximum absolute atomic E-state index is 12.8. The van der Waals surface area contributed by atoms with E-state index in [9.17, 15) is 9.59 Å². The fourth-order valence-electron chi connectivity index (χ4n) is 3.28. The minimum Gasteiger partial charge on any atom is -0.334 e. The number of amides is 2. The monoisotopic (exact) mass is 376 g/mol. The van der Waals surface area contributed by atoms with Crippen molar-refractivity contribution in [3.8, 4) is 11.5 Å². The first-order chi connectivity index (χ1) is 13.5. The predicted octanol–water partition coefficient (Wildman–Crippen LogP) is 3.35. The van der Waals surface area contributed by atoms with Crippen molar-refractivity contribution in [1.82, 2.24) is 10.1 Å². The zero-order chi connectivity index (χ0) is 19.7. The number of para-hydroxylation sites is 1. The van der Waals surface area contributed by atoms with Gasteiger partial charge in [-0.1, -0.05) is 35.0 Å². The summed E-state index contributed by atoms with van der Waals surface area (Å²) in [6.07, 6.45) is 0.182. The van der Waals surface area contributed by atoms with Gasteiger partial charge in [0.15, 0.2) is 5.82 Å². The van der Waals surface area contributed by atoms with Crippen LogP contribution in [0, 0.1) is 19.8 Å². The van der Waals surface area contributed by atoms with Gasteiger partial charge >= 0.3 is 0 Å². The lowest BCUT2D eigenvalue weighted by Gasteiger charge is -2.17. The number of anilines is 2. The molecule has 1 aliphatic rings. The summed E-state index contributed by atoms with van der Waals surface area (Å²) in [4.78, 5) is 31.1. The third kappa shape index (κ3) is 3.51. The van der Waals surface area contributed by atoms with E-state index in [-0.39, 0.29) is 18.2 Å². The van der Waals surface area contributed by atoms with Crippen LogP contribution in [0.2, 0.25) is 0 Å². The Labute approximate surface area is 162 Å². The summed E-state index contributed by atoms with van der Waals surface area (Å²) in [5.41, 5.74) is 3.17.